The highest BCUT2D eigenvalue weighted by molar-refractivity contribution is 7.89. The maximum absolute atomic E-state index is 12.8. The van der Waals surface area contributed by atoms with Crippen molar-refractivity contribution in [3.05, 3.63) is 29.3 Å². The topological polar surface area (TPSA) is 88.2 Å². The van der Waals surface area contributed by atoms with Gasteiger partial charge in [0, 0.05) is 44.8 Å². The van der Waals surface area contributed by atoms with E-state index in [1.807, 2.05) is 6.92 Å². The zero-order valence-electron chi connectivity index (χ0n) is 15.6. The van der Waals surface area contributed by atoms with Gasteiger partial charge in [-0.05, 0) is 24.6 Å². The van der Waals surface area contributed by atoms with E-state index in [0.29, 0.717) is 51.6 Å². The smallest absolute Gasteiger partial charge is 0.251 e. The second-order valence-electron chi connectivity index (χ2n) is 6.70. The number of sulfonamides is 1. The summed E-state index contributed by atoms with van der Waals surface area (Å²) >= 11 is 0. The predicted octanol–water partition coefficient (Wildman–Crippen LogP) is 0.0779. The summed E-state index contributed by atoms with van der Waals surface area (Å²) in [6.45, 7) is 7.67. The number of morpholine rings is 2. The van der Waals surface area contributed by atoms with E-state index in [0.717, 1.165) is 25.2 Å². The summed E-state index contributed by atoms with van der Waals surface area (Å²) < 4.78 is 37.6. The van der Waals surface area contributed by atoms with Gasteiger partial charge in [0.25, 0.3) is 5.91 Å². The predicted molar refractivity (Wildman–Crippen MR) is 100 cm³/mol. The van der Waals surface area contributed by atoms with Crippen molar-refractivity contribution in [2.75, 3.05) is 65.7 Å². The number of rotatable bonds is 6. The van der Waals surface area contributed by atoms with Gasteiger partial charge in [0.1, 0.15) is 0 Å². The SMILES string of the molecule is Cc1ccc(S(=O)(=O)N2CCOCC2)cc1C(=O)NCCN1CCOCC1. The first-order valence-corrected chi connectivity index (χ1v) is 10.7. The third kappa shape index (κ3) is 5.05. The highest BCUT2D eigenvalue weighted by Gasteiger charge is 2.27. The number of aryl methyl sites for hydroxylation is 1. The van der Waals surface area contributed by atoms with E-state index in [1.165, 1.54) is 10.4 Å². The molecule has 0 spiro atoms. The van der Waals surface area contributed by atoms with Gasteiger partial charge in [-0.25, -0.2) is 8.42 Å². The van der Waals surface area contributed by atoms with E-state index in [-0.39, 0.29) is 10.8 Å². The molecule has 2 aliphatic rings. The molecule has 2 heterocycles. The first-order valence-electron chi connectivity index (χ1n) is 9.25. The summed E-state index contributed by atoms with van der Waals surface area (Å²) in [6, 6.07) is 4.72. The average molecular weight is 397 g/mol. The largest absolute Gasteiger partial charge is 0.379 e. The van der Waals surface area contributed by atoms with E-state index >= 15 is 0 Å². The van der Waals surface area contributed by atoms with E-state index in [9.17, 15) is 13.2 Å². The normalized spacial score (nSPS) is 19.7. The molecule has 1 amide bonds. The van der Waals surface area contributed by atoms with Gasteiger partial charge in [-0.3, -0.25) is 9.69 Å². The summed E-state index contributed by atoms with van der Waals surface area (Å²) in [4.78, 5) is 15.0. The van der Waals surface area contributed by atoms with Crippen molar-refractivity contribution >= 4 is 15.9 Å². The van der Waals surface area contributed by atoms with Crippen molar-refractivity contribution in [1.29, 1.82) is 0 Å². The van der Waals surface area contributed by atoms with Crippen LogP contribution in [0.1, 0.15) is 15.9 Å². The molecule has 0 saturated carbocycles. The van der Waals surface area contributed by atoms with Gasteiger partial charge >= 0.3 is 0 Å². The summed E-state index contributed by atoms with van der Waals surface area (Å²) in [5.74, 6) is -0.250. The maximum atomic E-state index is 12.8. The van der Waals surface area contributed by atoms with Crippen LogP contribution < -0.4 is 5.32 Å². The molecular formula is C18H27N3O5S. The first-order chi connectivity index (χ1) is 13.0. The summed E-state index contributed by atoms with van der Waals surface area (Å²) in [5.41, 5.74) is 1.14. The third-order valence-electron chi connectivity index (χ3n) is 4.88. The van der Waals surface area contributed by atoms with Gasteiger partial charge in [0.2, 0.25) is 10.0 Å². The fourth-order valence-electron chi connectivity index (χ4n) is 3.19. The molecule has 0 aromatic heterocycles. The fourth-order valence-corrected chi connectivity index (χ4v) is 4.62. The van der Waals surface area contributed by atoms with Crippen LogP contribution >= 0.6 is 0 Å². The summed E-state index contributed by atoms with van der Waals surface area (Å²) in [6.07, 6.45) is 0. The molecule has 0 radical (unpaired) electrons. The van der Waals surface area contributed by atoms with Crippen molar-refractivity contribution in [3.63, 3.8) is 0 Å². The van der Waals surface area contributed by atoms with Crippen LogP contribution in [0.3, 0.4) is 0 Å². The third-order valence-corrected chi connectivity index (χ3v) is 6.77. The molecule has 0 unspecified atom stereocenters. The monoisotopic (exact) mass is 397 g/mol. The minimum absolute atomic E-state index is 0.147. The first kappa shape index (κ1) is 20.2. The lowest BCUT2D eigenvalue weighted by molar-refractivity contribution is 0.0383. The molecule has 0 bridgehead atoms. The minimum atomic E-state index is -3.62. The Morgan fingerprint density at radius 1 is 1.07 bits per heavy atom. The molecule has 0 atom stereocenters. The number of ether oxygens (including phenoxy) is 2. The quantitative estimate of drug-likeness (QED) is 0.731. The van der Waals surface area contributed by atoms with Crippen LogP contribution in [-0.2, 0) is 19.5 Å². The Balaban J connectivity index is 1.66. The molecule has 1 aromatic carbocycles. The molecule has 27 heavy (non-hydrogen) atoms. The van der Waals surface area contributed by atoms with Gasteiger partial charge in [0.05, 0.1) is 31.3 Å². The van der Waals surface area contributed by atoms with Crippen molar-refractivity contribution < 1.29 is 22.7 Å². The van der Waals surface area contributed by atoms with Gasteiger partial charge < -0.3 is 14.8 Å². The number of carbonyl (C=O) groups excluding carboxylic acids is 1. The van der Waals surface area contributed by atoms with E-state index < -0.39 is 10.0 Å². The zero-order valence-corrected chi connectivity index (χ0v) is 16.5. The van der Waals surface area contributed by atoms with Crippen LogP contribution in [0.25, 0.3) is 0 Å². The van der Waals surface area contributed by atoms with E-state index in [1.54, 1.807) is 12.1 Å². The second kappa shape index (κ2) is 9.11. The van der Waals surface area contributed by atoms with Gasteiger partial charge in [-0.1, -0.05) is 6.07 Å². The molecular weight excluding hydrogens is 370 g/mol. The molecule has 3 rings (SSSR count). The van der Waals surface area contributed by atoms with Gasteiger partial charge in [-0.15, -0.1) is 0 Å². The molecule has 0 aliphatic carbocycles. The maximum Gasteiger partial charge on any atom is 0.251 e. The number of hydrogen-bond acceptors (Lipinski definition) is 6. The number of benzene rings is 1. The lowest BCUT2D eigenvalue weighted by Crippen LogP contribution is -2.41. The van der Waals surface area contributed by atoms with E-state index in [2.05, 4.69) is 10.2 Å². The van der Waals surface area contributed by atoms with Gasteiger partial charge in [0.15, 0.2) is 0 Å². The fraction of sp³-hybridized carbons (Fsp3) is 0.611. The Morgan fingerprint density at radius 3 is 2.37 bits per heavy atom. The van der Waals surface area contributed by atoms with Crippen molar-refractivity contribution in [3.8, 4) is 0 Å². The Morgan fingerprint density at radius 2 is 1.70 bits per heavy atom. The Kier molecular flexibility index (Phi) is 6.83. The number of amides is 1. The van der Waals surface area contributed by atoms with Crippen LogP contribution in [0, 0.1) is 6.92 Å². The number of hydrogen-bond donors (Lipinski definition) is 1. The molecule has 9 heteroatoms. The summed E-state index contributed by atoms with van der Waals surface area (Å²) in [5, 5.41) is 2.90. The lowest BCUT2D eigenvalue weighted by Gasteiger charge is -2.27. The molecule has 150 valence electrons. The average Bonchev–Trinajstić information content (AvgIpc) is 2.69. The Labute approximate surface area is 160 Å². The van der Waals surface area contributed by atoms with Gasteiger partial charge in [-0.2, -0.15) is 4.31 Å². The molecule has 2 fully saturated rings. The summed E-state index contributed by atoms with van der Waals surface area (Å²) in [7, 11) is -3.62. The van der Waals surface area contributed by atoms with Crippen molar-refractivity contribution in [2.45, 2.75) is 11.8 Å². The molecule has 1 aromatic rings. The second-order valence-corrected chi connectivity index (χ2v) is 8.64. The number of carbonyl (C=O) groups is 1. The molecule has 1 N–H and O–H groups in total. The van der Waals surface area contributed by atoms with Crippen LogP contribution in [-0.4, -0.2) is 89.2 Å². The molecule has 2 aliphatic heterocycles. The van der Waals surface area contributed by atoms with Crippen molar-refractivity contribution in [2.24, 2.45) is 0 Å². The van der Waals surface area contributed by atoms with Crippen LogP contribution in [0.15, 0.2) is 23.1 Å². The lowest BCUT2D eigenvalue weighted by atomic mass is 10.1. The Hall–Kier alpha value is -1.52. The van der Waals surface area contributed by atoms with Crippen LogP contribution in [0.5, 0.6) is 0 Å². The van der Waals surface area contributed by atoms with Crippen molar-refractivity contribution in [1.82, 2.24) is 14.5 Å². The highest BCUT2D eigenvalue weighted by atomic mass is 32.2. The highest BCUT2D eigenvalue weighted by Crippen LogP contribution is 2.20. The standard InChI is InChI=1S/C18H27N3O5S/c1-15-2-3-16(27(23,24)21-8-12-26-13-9-21)14-17(15)18(22)19-4-5-20-6-10-25-11-7-20/h2-3,14H,4-13H2,1H3,(H,19,22). The van der Waals surface area contributed by atoms with Crippen LogP contribution in [0.4, 0.5) is 0 Å². The van der Waals surface area contributed by atoms with Crippen LogP contribution in [0.2, 0.25) is 0 Å². The number of nitrogens with zero attached hydrogens (tertiary/aromatic N) is 2. The van der Waals surface area contributed by atoms with E-state index in [4.69, 9.17) is 9.47 Å². The molecule has 2 saturated heterocycles. The zero-order chi connectivity index (χ0) is 19.3. The Bertz CT molecular complexity index is 756. The number of nitrogens with one attached hydrogen (secondary N) is 1. The molecule has 8 nitrogen and oxygen atoms in total. The minimum Gasteiger partial charge on any atom is -0.379 e.